The quantitative estimate of drug-likeness (QED) is 0.369. The topological polar surface area (TPSA) is 95.4 Å². The number of hydrogen-bond donors (Lipinski definition) is 2. The molecule has 5 rings (SSSR count). The summed E-state index contributed by atoms with van der Waals surface area (Å²) in [6.07, 6.45) is 10.6. The van der Waals surface area contributed by atoms with Crippen LogP contribution in [0.15, 0.2) is 37.1 Å². The Morgan fingerprint density at radius 2 is 1.88 bits per heavy atom. The number of aliphatic hydroxyl groups is 1. The molecule has 178 valence electrons. The summed E-state index contributed by atoms with van der Waals surface area (Å²) in [6, 6.07) is 1.44. The molecule has 4 aliphatic rings. The molecule has 1 aromatic rings. The van der Waals surface area contributed by atoms with Gasteiger partial charge in [0.2, 0.25) is 0 Å². The third-order valence-electron chi connectivity index (χ3n) is 9.56. The summed E-state index contributed by atoms with van der Waals surface area (Å²) in [6.45, 7) is 8.13. The van der Waals surface area contributed by atoms with E-state index in [1.165, 1.54) is 18.1 Å². The highest BCUT2D eigenvalue weighted by atomic mass is 16.4. The van der Waals surface area contributed by atoms with Gasteiger partial charge in [0, 0.05) is 17.2 Å². The molecular weight excluding hydrogens is 416 g/mol. The number of hydrogen-bond acceptors (Lipinski definition) is 6. The van der Waals surface area contributed by atoms with Crippen molar-refractivity contribution in [3.05, 3.63) is 39.5 Å². The summed E-state index contributed by atoms with van der Waals surface area (Å²) in [5, 5.41) is 29.5. The molecule has 4 aliphatic carbocycles. The first-order chi connectivity index (χ1) is 15.6. The van der Waals surface area contributed by atoms with E-state index in [1.807, 2.05) is 0 Å². The highest BCUT2D eigenvalue weighted by Crippen LogP contribution is 2.64. The Labute approximate surface area is 195 Å². The average Bonchev–Trinajstić information content (AvgIpc) is 3.08. The predicted octanol–water partition coefficient (Wildman–Crippen LogP) is 5.14. The van der Waals surface area contributed by atoms with E-state index in [9.17, 15) is 15.0 Å². The SMILES string of the molecule is CC(=NN=C1CCC2C3CC=C4CC(O)CCC4(C)C3CCC12C)c1c(O)cc(C)oc1=O. The summed E-state index contributed by atoms with van der Waals surface area (Å²) < 4.78 is 5.14. The monoisotopic (exact) mass is 452 g/mol. The predicted molar refractivity (Wildman–Crippen MR) is 129 cm³/mol. The van der Waals surface area contributed by atoms with Crippen molar-refractivity contribution in [2.45, 2.75) is 85.2 Å². The normalized spacial score (nSPS) is 39.6. The fourth-order valence-electron chi connectivity index (χ4n) is 7.71. The summed E-state index contributed by atoms with van der Waals surface area (Å²) in [5.74, 6) is 2.18. The molecule has 6 heteroatoms. The molecule has 1 heterocycles. The van der Waals surface area contributed by atoms with Crippen LogP contribution in [0.5, 0.6) is 5.75 Å². The Morgan fingerprint density at radius 1 is 1.15 bits per heavy atom. The number of aliphatic hydroxyl groups excluding tert-OH is 1. The fraction of sp³-hybridized carbons (Fsp3) is 0.667. The molecule has 0 spiro atoms. The first-order valence-corrected chi connectivity index (χ1v) is 12.5. The van der Waals surface area contributed by atoms with E-state index in [4.69, 9.17) is 4.42 Å². The minimum atomic E-state index is -0.583. The van der Waals surface area contributed by atoms with Crippen molar-refractivity contribution < 1.29 is 14.6 Å². The van der Waals surface area contributed by atoms with E-state index < -0.39 is 5.63 Å². The lowest BCUT2D eigenvalue weighted by Crippen LogP contribution is -2.50. The molecule has 6 atom stereocenters. The second kappa shape index (κ2) is 7.93. The van der Waals surface area contributed by atoms with Gasteiger partial charge >= 0.3 is 5.63 Å². The maximum atomic E-state index is 12.2. The molecule has 0 radical (unpaired) electrons. The molecule has 0 saturated heterocycles. The van der Waals surface area contributed by atoms with Crippen molar-refractivity contribution in [2.75, 3.05) is 0 Å². The van der Waals surface area contributed by atoms with Gasteiger partial charge in [-0.2, -0.15) is 10.2 Å². The van der Waals surface area contributed by atoms with Crippen molar-refractivity contribution in [3.8, 4) is 5.75 Å². The van der Waals surface area contributed by atoms with Gasteiger partial charge in [0.15, 0.2) is 0 Å². The smallest absolute Gasteiger partial charge is 0.348 e. The van der Waals surface area contributed by atoms with Crippen LogP contribution < -0.4 is 5.63 Å². The first kappa shape index (κ1) is 22.6. The van der Waals surface area contributed by atoms with E-state index in [1.54, 1.807) is 13.8 Å². The molecular formula is C27H36N2O4. The molecule has 2 N–H and O–H groups in total. The van der Waals surface area contributed by atoms with Crippen LogP contribution in [0.3, 0.4) is 0 Å². The van der Waals surface area contributed by atoms with Crippen LogP contribution in [0.4, 0.5) is 0 Å². The Kier molecular flexibility index (Phi) is 5.43. The van der Waals surface area contributed by atoms with Gasteiger partial charge < -0.3 is 14.6 Å². The summed E-state index contributed by atoms with van der Waals surface area (Å²) in [5.41, 5.74) is 2.77. The molecule has 0 bridgehead atoms. The van der Waals surface area contributed by atoms with Crippen molar-refractivity contribution in [2.24, 2.45) is 38.8 Å². The molecule has 0 amide bonds. The molecule has 1 aromatic heterocycles. The Hall–Kier alpha value is -2.21. The van der Waals surface area contributed by atoms with Crippen LogP contribution in [0.2, 0.25) is 0 Å². The van der Waals surface area contributed by atoms with E-state index in [-0.39, 0.29) is 28.2 Å². The van der Waals surface area contributed by atoms with Gasteiger partial charge in [-0.25, -0.2) is 4.79 Å². The number of fused-ring (bicyclic) bond motifs is 5. The molecule has 6 nitrogen and oxygen atoms in total. The summed E-state index contributed by atoms with van der Waals surface area (Å²) in [7, 11) is 0. The third-order valence-corrected chi connectivity index (χ3v) is 9.56. The Balaban J connectivity index is 1.42. The summed E-state index contributed by atoms with van der Waals surface area (Å²) >= 11 is 0. The molecule has 6 unspecified atom stereocenters. The van der Waals surface area contributed by atoms with Gasteiger partial charge in [0.05, 0.1) is 11.8 Å². The van der Waals surface area contributed by atoms with Gasteiger partial charge in [0.25, 0.3) is 0 Å². The van der Waals surface area contributed by atoms with Crippen molar-refractivity contribution >= 4 is 11.4 Å². The zero-order valence-electron chi connectivity index (χ0n) is 20.2. The van der Waals surface area contributed by atoms with E-state index in [0.717, 1.165) is 50.7 Å². The maximum absolute atomic E-state index is 12.2. The Bertz CT molecular complexity index is 1120. The van der Waals surface area contributed by atoms with Crippen LogP contribution >= 0.6 is 0 Å². The molecule has 0 aromatic carbocycles. The van der Waals surface area contributed by atoms with Crippen LogP contribution in [-0.4, -0.2) is 27.7 Å². The lowest BCUT2D eigenvalue weighted by Gasteiger charge is -2.57. The third kappa shape index (κ3) is 3.52. The van der Waals surface area contributed by atoms with Crippen molar-refractivity contribution in [1.29, 1.82) is 0 Å². The zero-order chi connectivity index (χ0) is 23.5. The van der Waals surface area contributed by atoms with E-state index in [2.05, 4.69) is 30.1 Å². The van der Waals surface area contributed by atoms with E-state index in [0.29, 0.717) is 29.2 Å². The van der Waals surface area contributed by atoms with Crippen LogP contribution in [0.25, 0.3) is 0 Å². The average molecular weight is 453 g/mol. The second-order valence-electron chi connectivity index (χ2n) is 11.3. The van der Waals surface area contributed by atoms with Crippen LogP contribution in [-0.2, 0) is 0 Å². The molecule has 3 saturated carbocycles. The highest BCUT2D eigenvalue weighted by Gasteiger charge is 2.57. The fourth-order valence-corrected chi connectivity index (χ4v) is 7.71. The van der Waals surface area contributed by atoms with Gasteiger partial charge in [-0.3, -0.25) is 0 Å². The van der Waals surface area contributed by atoms with Crippen LogP contribution in [0, 0.1) is 35.5 Å². The lowest BCUT2D eigenvalue weighted by molar-refractivity contribution is -0.0209. The number of allylic oxidation sites excluding steroid dienone is 1. The van der Waals surface area contributed by atoms with E-state index >= 15 is 0 Å². The van der Waals surface area contributed by atoms with Crippen molar-refractivity contribution in [1.82, 2.24) is 0 Å². The lowest BCUT2D eigenvalue weighted by atomic mass is 9.48. The number of aryl methyl sites for hydroxylation is 1. The van der Waals surface area contributed by atoms with Gasteiger partial charge in [0.1, 0.15) is 17.1 Å². The largest absolute Gasteiger partial charge is 0.507 e. The molecule has 33 heavy (non-hydrogen) atoms. The second-order valence-corrected chi connectivity index (χ2v) is 11.3. The summed E-state index contributed by atoms with van der Waals surface area (Å²) in [4.78, 5) is 12.2. The molecule has 3 fully saturated rings. The Morgan fingerprint density at radius 3 is 2.64 bits per heavy atom. The number of aromatic hydroxyl groups is 1. The van der Waals surface area contributed by atoms with Crippen molar-refractivity contribution in [3.63, 3.8) is 0 Å². The number of nitrogens with zero attached hydrogens (tertiary/aromatic N) is 2. The zero-order valence-corrected chi connectivity index (χ0v) is 20.2. The highest BCUT2D eigenvalue weighted by molar-refractivity contribution is 6.01. The van der Waals surface area contributed by atoms with Gasteiger partial charge in [-0.05, 0) is 88.4 Å². The standard InChI is InChI=1S/C27H36N2O4/c1-15-13-22(31)24(25(32)33-15)16(2)28-29-23-8-7-20-19-6-5-17-14-18(30)9-11-26(17,3)21(19)10-12-27(20,23)4/h5,13,18-21,30-31H,6-12,14H2,1-4H3. The number of rotatable bonds is 2. The van der Waals surface area contributed by atoms with Crippen LogP contribution in [0.1, 0.15) is 83.5 Å². The minimum absolute atomic E-state index is 0.0286. The molecule has 0 aliphatic heterocycles. The minimum Gasteiger partial charge on any atom is -0.507 e. The first-order valence-electron chi connectivity index (χ1n) is 12.5. The van der Waals surface area contributed by atoms with Gasteiger partial charge in [-0.15, -0.1) is 0 Å². The van der Waals surface area contributed by atoms with Gasteiger partial charge in [-0.1, -0.05) is 25.5 Å². The maximum Gasteiger partial charge on any atom is 0.348 e.